The molecular formula is C33H23NO7. The lowest BCUT2D eigenvalue weighted by Crippen LogP contribution is -2.29. The second-order valence-electron chi connectivity index (χ2n) is 9.13. The highest BCUT2D eigenvalue weighted by Crippen LogP contribution is 2.22. The highest BCUT2D eigenvalue weighted by atomic mass is 16.5. The number of benzene rings is 4. The maximum absolute atomic E-state index is 12.7. The zero-order chi connectivity index (χ0) is 28.8. The fourth-order valence-electron chi connectivity index (χ4n) is 4.15. The van der Waals surface area contributed by atoms with Crippen molar-refractivity contribution >= 4 is 34.4 Å². The van der Waals surface area contributed by atoms with Crippen LogP contribution in [0, 0.1) is 0 Å². The van der Waals surface area contributed by atoms with Gasteiger partial charge in [-0.05, 0) is 42.3 Å². The van der Waals surface area contributed by atoms with Crippen LogP contribution in [0.25, 0.3) is 11.0 Å². The number of ketones is 2. The van der Waals surface area contributed by atoms with Gasteiger partial charge in [0.05, 0.1) is 5.56 Å². The van der Waals surface area contributed by atoms with Crippen LogP contribution in [-0.4, -0.2) is 30.0 Å². The maximum atomic E-state index is 12.7. The number of rotatable bonds is 9. The first kappa shape index (κ1) is 27.0. The lowest BCUT2D eigenvalue weighted by Gasteiger charge is -2.08. The molecule has 8 nitrogen and oxygen atoms in total. The Balaban J connectivity index is 1.23. The average Bonchev–Trinajstić information content (AvgIpc) is 3.01. The number of fused-ring (bicyclic) bond motifs is 1. The number of hydrogen-bond donors (Lipinski definition) is 1. The van der Waals surface area contributed by atoms with Crippen LogP contribution in [0.3, 0.4) is 0 Å². The molecule has 202 valence electrons. The highest BCUT2D eigenvalue weighted by molar-refractivity contribution is 6.49. The van der Waals surface area contributed by atoms with Crippen LogP contribution in [0.15, 0.2) is 118 Å². The molecule has 1 heterocycles. The van der Waals surface area contributed by atoms with E-state index in [1.165, 1.54) is 42.5 Å². The van der Waals surface area contributed by atoms with Gasteiger partial charge in [0.1, 0.15) is 16.9 Å². The molecule has 0 saturated carbocycles. The number of carbonyl (C=O) groups is 4. The van der Waals surface area contributed by atoms with E-state index in [0.29, 0.717) is 18.4 Å². The molecule has 8 heteroatoms. The molecule has 0 bridgehead atoms. The van der Waals surface area contributed by atoms with Crippen LogP contribution < -0.4 is 15.7 Å². The summed E-state index contributed by atoms with van der Waals surface area (Å²) in [6.07, 6.45) is 0.616. The first-order valence-electron chi connectivity index (χ1n) is 12.8. The summed E-state index contributed by atoms with van der Waals surface area (Å²) in [7, 11) is 0. The number of esters is 1. The van der Waals surface area contributed by atoms with E-state index in [9.17, 15) is 24.0 Å². The molecule has 4 aromatic carbocycles. The lowest BCUT2D eigenvalue weighted by atomic mass is 10.0. The number of amides is 1. The van der Waals surface area contributed by atoms with Gasteiger partial charge in [-0.15, -0.1) is 0 Å². The molecule has 0 saturated heterocycles. The quantitative estimate of drug-likeness (QED) is 0.0905. The third-order valence-electron chi connectivity index (χ3n) is 6.33. The average molecular weight is 546 g/mol. The molecule has 5 aromatic rings. The second kappa shape index (κ2) is 12.0. The van der Waals surface area contributed by atoms with Crippen molar-refractivity contribution < 1.29 is 28.3 Å². The van der Waals surface area contributed by atoms with Gasteiger partial charge in [-0.2, -0.15) is 0 Å². The first-order valence-corrected chi connectivity index (χ1v) is 12.8. The summed E-state index contributed by atoms with van der Waals surface area (Å²) in [5.41, 5.74) is 0.823. The Morgan fingerprint density at radius 3 is 1.98 bits per heavy atom. The summed E-state index contributed by atoms with van der Waals surface area (Å²) in [6.45, 7) is 0.355. The molecule has 1 amide bonds. The zero-order valence-corrected chi connectivity index (χ0v) is 21.7. The summed E-state index contributed by atoms with van der Waals surface area (Å²) in [5, 5.41) is 3.20. The predicted molar refractivity (Wildman–Crippen MR) is 151 cm³/mol. The SMILES string of the molecule is O=C(Oc1ccc2cc(C(=O)NCCc3ccccc3)c(=O)oc2c1)c1ccc(C(=O)C(=O)c2ccccc2)cc1. The van der Waals surface area contributed by atoms with Gasteiger partial charge >= 0.3 is 11.6 Å². The van der Waals surface area contributed by atoms with Crippen molar-refractivity contribution in [3.8, 4) is 5.75 Å². The molecule has 0 atom stereocenters. The van der Waals surface area contributed by atoms with Crippen molar-refractivity contribution in [1.29, 1.82) is 0 Å². The summed E-state index contributed by atoms with van der Waals surface area (Å²) in [4.78, 5) is 62.7. The topological polar surface area (TPSA) is 120 Å². The van der Waals surface area contributed by atoms with Crippen molar-refractivity contribution in [1.82, 2.24) is 5.32 Å². The van der Waals surface area contributed by atoms with Gasteiger partial charge in [0.2, 0.25) is 11.6 Å². The van der Waals surface area contributed by atoms with Gasteiger partial charge in [-0.25, -0.2) is 9.59 Å². The third-order valence-corrected chi connectivity index (χ3v) is 6.33. The summed E-state index contributed by atoms with van der Waals surface area (Å²) < 4.78 is 10.7. The number of hydrogen-bond acceptors (Lipinski definition) is 7. The molecule has 1 N–H and O–H groups in total. The van der Waals surface area contributed by atoms with E-state index in [4.69, 9.17) is 9.15 Å². The zero-order valence-electron chi connectivity index (χ0n) is 21.7. The van der Waals surface area contributed by atoms with E-state index in [2.05, 4.69) is 5.32 Å². The van der Waals surface area contributed by atoms with Crippen molar-refractivity contribution in [3.05, 3.63) is 147 Å². The van der Waals surface area contributed by atoms with Crippen LogP contribution in [0.4, 0.5) is 0 Å². The van der Waals surface area contributed by atoms with Gasteiger partial charge in [-0.3, -0.25) is 14.4 Å². The van der Waals surface area contributed by atoms with E-state index in [1.807, 2.05) is 30.3 Å². The minimum Gasteiger partial charge on any atom is -0.423 e. The Bertz CT molecular complexity index is 1810. The second-order valence-corrected chi connectivity index (χ2v) is 9.13. The molecule has 0 unspecified atom stereocenters. The molecular weight excluding hydrogens is 522 g/mol. The van der Waals surface area contributed by atoms with E-state index in [0.717, 1.165) is 5.56 Å². The largest absolute Gasteiger partial charge is 0.423 e. The van der Waals surface area contributed by atoms with Gasteiger partial charge < -0.3 is 14.5 Å². The molecule has 0 aliphatic carbocycles. The molecule has 41 heavy (non-hydrogen) atoms. The van der Waals surface area contributed by atoms with Crippen molar-refractivity contribution in [2.24, 2.45) is 0 Å². The molecule has 0 aliphatic rings. The molecule has 1 aromatic heterocycles. The minimum absolute atomic E-state index is 0.116. The highest BCUT2D eigenvalue weighted by Gasteiger charge is 2.19. The lowest BCUT2D eigenvalue weighted by molar-refractivity contribution is 0.0734. The normalized spacial score (nSPS) is 10.6. The number of nitrogens with one attached hydrogen (secondary N) is 1. The van der Waals surface area contributed by atoms with Crippen LogP contribution in [0.2, 0.25) is 0 Å². The molecule has 0 aliphatic heterocycles. The Hall–Kier alpha value is -5.63. The standard InChI is InChI=1S/C33H23NO7/c35-29(22-9-5-2-6-10-22)30(36)23-11-13-24(14-12-23)32(38)40-26-16-15-25-19-27(33(39)41-28(25)20-26)31(37)34-18-17-21-7-3-1-4-8-21/h1-16,19-20H,17-18H2,(H,34,37). The summed E-state index contributed by atoms with van der Waals surface area (Å²) in [6, 6.07) is 29.2. The van der Waals surface area contributed by atoms with Crippen LogP contribution in [0.1, 0.15) is 47.0 Å². The number of Topliss-reactive ketones (excluding diaryl/α,β-unsaturated/α-hetero) is 2. The van der Waals surface area contributed by atoms with Gasteiger partial charge in [0.15, 0.2) is 0 Å². The van der Waals surface area contributed by atoms with Crippen molar-refractivity contribution in [3.63, 3.8) is 0 Å². The van der Waals surface area contributed by atoms with Gasteiger partial charge in [0.25, 0.3) is 5.91 Å². The van der Waals surface area contributed by atoms with Crippen LogP contribution >= 0.6 is 0 Å². The van der Waals surface area contributed by atoms with Crippen LogP contribution in [-0.2, 0) is 6.42 Å². The Kier molecular flexibility index (Phi) is 7.92. The van der Waals surface area contributed by atoms with Crippen LogP contribution in [0.5, 0.6) is 5.75 Å². The monoisotopic (exact) mass is 545 g/mol. The first-order chi connectivity index (χ1) is 19.9. The number of ether oxygens (including phenoxy) is 1. The number of carbonyl (C=O) groups excluding carboxylic acids is 4. The van der Waals surface area contributed by atoms with E-state index in [1.54, 1.807) is 36.4 Å². The molecule has 0 radical (unpaired) electrons. The Labute approximate surface area is 234 Å². The smallest absolute Gasteiger partial charge is 0.349 e. The minimum atomic E-state index is -0.816. The van der Waals surface area contributed by atoms with E-state index in [-0.39, 0.29) is 33.6 Å². The summed E-state index contributed by atoms with van der Waals surface area (Å²) >= 11 is 0. The van der Waals surface area contributed by atoms with E-state index < -0.39 is 29.1 Å². The fraction of sp³-hybridized carbons (Fsp3) is 0.0606. The fourth-order valence-corrected chi connectivity index (χ4v) is 4.15. The third kappa shape index (κ3) is 6.34. The van der Waals surface area contributed by atoms with Crippen molar-refractivity contribution in [2.75, 3.05) is 6.54 Å². The van der Waals surface area contributed by atoms with Gasteiger partial charge in [0, 0.05) is 29.1 Å². The van der Waals surface area contributed by atoms with E-state index >= 15 is 0 Å². The van der Waals surface area contributed by atoms with Crippen molar-refractivity contribution in [2.45, 2.75) is 6.42 Å². The molecule has 0 fully saturated rings. The maximum Gasteiger partial charge on any atom is 0.349 e. The summed E-state index contributed by atoms with van der Waals surface area (Å²) in [5.74, 6) is -2.48. The Morgan fingerprint density at radius 2 is 1.29 bits per heavy atom. The molecule has 5 rings (SSSR count). The molecule has 0 spiro atoms. The Morgan fingerprint density at radius 1 is 0.683 bits per heavy atom. The van der Waals surface area contributed by atoms with Gasteiger partial charge in [-0.1, -0.05) is 72.8 Å². The predicted octanol–water partition coefficient (Wildman–Crippen LogP) is 5.05.